The van der Waals surface area contributed by atoms with E-state index >= 15 is 0 Å². The van der Waals surface area contributed by atoms with Gasteiger partial charge < -0.3 is 10.6 Å². The molecule has 2 nitrogen and oxygen atoms in total. The number of hydrogen-bond acceptors (Lipinski definition) is 2. The number of rotatable bonds is 5. The van der Waals surface area contributed by atoms with Crippen molar-refractivity contribution in [2.75, 3.05) is 18.0 Å². The van der Waals surface area contributed by atoms with Gasteiger partial charge >= 0.3 is 0 Å². The zero-order chi connectivity index (χ0) is 14.7. The van der Waals surface area contributed by atoms with Crippen LogP contribution in [0.5, 0.6) is 0 Å². The maximum absolute atomic E-state index is 13.5. The minimum atomic E-state index is -2.18. The van der Waals surface area contributed by atoms with E-state index in [0.717, 1.165) is 4.90 Å². The molecule has 106 valence electrons. The standard InChI is InChI=1S/C11H11F5N2S/c1-2-18(4-3-5(17)19)11-9(15)7(13)6(12)8(14)10(11)16/h2-4H2,1H3,(H2,17,19). The molecule has 0 aromatic heterocycles. The molecule has 0 fully saturated rings. The van der Waals surface area contributed by atoms with E-state index in [-0.39, 0.29) is 24.5 Å². The van der Waals surface area contributed by atoms with Crippen LogP contribution in [0.25, 0.3) is 0 Å². The van der Waals surface area contributed by atoms with Gasteiger partial charge in [0.15, 0.2) is 23.3 Å². The van der Waals surface area contributed by atoms with Crippen LogP contribution in [0.1, 0.15) is 13.3 Å². The van der Waals surface area contributed by atoms with Crippen molar-refractivity contribution in [3.63, 3.8) is 0 Å². The fourth-order valence-corrected chi connectivity index (χ4v) is 1.64. The fourth-order valence-electron chi connectivity index (χ4n) is 1.54. The number of nitrogens with two attached hydrogens (primary N) is 1. The third kappa shape index (κ3) is 3.12. The average molecular weight is 298 g/mol. The molecule has 1 rings (SSSR count). The number of benzene rings is 1. The molecule has 0 aliphatic heterocycles. The molecule has 0 heterocycles. The predicted molar refractivity (Wildman–Crippen MR) is 65.5 cm³/mol. The van der Waals surface area contributed by atoms with Crippen molar-refractivity contribution in [1.29, 1.82) is 0 Å². The van der Waals surface area contributed by atoms with Gasteiger partial charge in [0, 0.05) is 19.5 Å². The first kappa shape index (κ1) is 15.6. The minimum absolute atomic E-state index is 0.0375. The van der Waals surface area contributed by atoms with E-state index in [1.807, 2.05) is 0 Å². The molecule has 0 saturated carbocycles. The van der Waals surface area contributed by atoms with Gasteiger partial charge in [-0.05, 0) is 6.92 Å². The van der Waals surface area contributed by atoms with E-state index in [1.54, 1.807) is 0 Å². The lowest BCUT2D eigenvalue weighted by molar-refractivity contribution is 0.378. The van der Waals surface area contributed by atoms with Gasteiger partial charge in [0.1, 0.15) is 5.69 Å². The Morgan fingerprint density at radius 2 is 1.42 bits per heavy atom. The summed E-state index contributed by atoms with van der Waals surface area (Å²) in [6, 6.07) is 0. The van der Waals surface area contributed by atoms with Gasteiger partial charge in [-0.15, -0.1) is 0 Å². The second kappa shape index (κ2) is 6.14. The van der Waals surface area contributed by atoms with Crippen molar-refractivity contribution in [2.45, 2.75) is 13.3 Å². The molecule has 8 heteroatoms. The molecule has 19 heavy (non-hydrogen) atoms. The Balaban J connectivity index is 3.27. The third-order valence-corrected chi connectivity index (χ3v) is 2.72. The normalized spacial score (nSPS) is 10.6. The van der Waals surface area contributed by atoms with Crippen LogP contribution in [0.4, 0.5) is 27.6 Å². The largest absolute Gasteiger partial charge is 0.393 e. The molecular weight excluding hydrogens is 287 g/mol. The van der Waals surface area contributed by atoms with Crippen molar-refractivity contribution in [3.05, 3.63) is 29.1 Å². The highest BCUT2D eigenvalue weighted by atomic mass is 32.1. The van der Waals surface area contributed by atoms with Crippen LogP contribution in [0.2, 0.25) is 0 Å². The molecule has 0 aliphatic carbocycles. The quantitative estimate of drug-likeness (QED) is 0.392. The fraction of sp³-hybridized carbons (Fsp3) is 0.364. The molecular formula is C11H11F5N2S. The van der Waals surface area contributed by atoms with E-state index in [2.05, 4.69) is 12.2 Å². The summed E-state index contributed by atoms with van der Waals surface area (Å²) < 4.78 is 66.1. The number of thiocarbonyl (C=S) groups is 1. The molecule has 0 amide bonds. The Morgan fingerprint density at radius 3 is 1.79 bits per heavy atom. The maximum Gasteiger partial charge on any atom is 0.200 e. The van der Waals surface area contributed by atoms with Crippen LogP contribution < -0.4 is 10.6 Å². The van der Waals surface area contributed by atoms with Crippen LogP contribution in [0.3, 0.4) is 0 Å². The Labute approximate surface area is 112 Å². The molecule has 0 bridgehead atoms. The molecule has 0 aliphatic rings. The molecule has 0 saturated heterocycles. The highest BCUT2D eigenvalue weighted by Crippen LogP contribution is 2.30. The first-order valence-corrected chi connectivity index (χ1v) is 5.76. The third-order valence-electron chi connectivity index (χ3n) is 2.51. The Hall–Kier alpha value is -1.44. The Kier molecular flexibility index (Phi) is 5.04. The predicted octanol–water partition coefficient (Wildman–Crippen LogP) is 2.88. The molecule has 0 unspecified atom stereocenters. The number of nitrogens with zero attached hydrogens (tertiary/aromatic N) is 1. The van der Waals surface area contributed by atoms with E-state index in [9.17, 15) is 22.0 Å². The van der Waals surface area contributed by atoms with Crippen molar-refractivity contribution in [1.82, 2.24) is 0 Å². The van der Waals surface area contributed by atoms with Gasteiger partial charge in [0.2, 0.25) is 5.82 Å². The lowest BCUT2D eigenvalue weighted by Crippen LogP contribution is -2.30. The first-order valence-electron chi connectivity index (χ1n) is 5.35. The summed E-state index contributed by atoms with van der Waals surface area (Å²) in [5.41, 5.74) is 4.28. The summed E-state index contributed by atoms with van der Waals surface area (Å²) in [4.78, 5) is 1.08. The average Bonchev–Trinajstić information content (AvgIpc) is 2.37. The van der Waals surface area contributed by atoms with Gasteiger partial charge in [-0.2, -0.15) is 0 Å². The van der Waals surface area contributed by atoms with E-state index < -0.39 is 34.8 Å². The van der Waals surface area contributed by atoms with Gasteiger partial charge in [-0.1, -0.05) is 12.2 Å². The van der Waals surface area contributed by atoms with Gasteiger partial charge in [0.05, 0.1) is 4.99 Å². The van der Waals surface area contributed by atoms with E-state index in [4.69, 9.17) is 5.73 Å². The summed E-state index contributed by atoms with van der Waals surface area (Å²) >= 11 is 4.61. The van der Waals surface area contributed by atoms with Gasteiger partial charge in [-0.3, -0.25) is 0 Å². The second-order valence-corrected chi connectivity index (χ2v) is 4.24. The highest BCUT2D eigenvalue weighted by Gasteiger charge is 2.28. The first-order chi connectivity index (χ1) is 8.81. The SMILES string of the molecule is CCN(CCC(N)=S)c1c(F)c(F)c(F)c(F)c1F. The van der Waals surface area contributed by atoms with Crippen LogP contribution in [-0.2, 0) is 0 Å². The molecule has 0 spiro atoms. The second-order valence-electron chi connectivity index (χ2n) is 3.71. The van der Waals surface area contributed by atoms with Crippen molar-refractivity contribution in [2.24, 2.45) is 5.73 Å². The summed E-state index contributed by atoms with van der Waals surface area (Å²) in [7, 11) is 0. The van der Waals surface area contributed by atoms with Gasteiger partial charge in [0.25, 0.3) is 0 Å². The van der Waals surface area contributed by atoms with E-state index in [1.165, 1.54) is 6.92 Å². The number of halogens is 5. The summed E-state index contributed by atoms with van der Waals surface area (Å²) in [6.07, 6.45) is 0.0999. The van der Waals surface area contributed by atoms with Crippen LogP contribution in [0.15, 0.2) is 0 Å². The summed E-state index contributed by atoms with van der Waals surface area (Å²) in [6.45, 7) is 1.52. The summed E-state index contributed by atoms with van der Waals surface area (Å²) in [5.74, 6) is -9.84. The van der Waals surface area contributed by atoms with Crippen molar-refractivity contribution >= 4 is 22.9 Å². The van der Waals surface area contributed by atoms with Crippen molar-refractivity contribution in [3.8, 4) is 0 Å². The smallest absolute Gasteiger partial charge is 0.200 e. The maximum atomic E-state index is 13.5. The monoisotopic (exact) mass is 298 g/mol. The highest BCUT2D eigenvalue weighted by molar-refractivity contribution is 7.80. The number of hydrogen-bond donors (Lipinski definition) is 1. The Bertz CT molecular complexity index is 477. The van der Waals surface area contributed by atoms with Crippen LogP contribution in [0, 0.1) is 29.1 Å². The summed E-state index contributed by atoms with van der Waals surface area (Å²) in [5, 5.41) is 0. The van der Waals surface area contributed by atoms with E-state index in [0.29, 0.717) is 0 Å². The molecule has 2 N–H and O–H groups in total. The van der Waals surface area contributed by atoms with Gasteiger partial charge in [-0.25, -0.2) is 22.0 Å². The Morgan fingerprint density at radius 1 is 1.00 bits per heavy atom. The zero-order valence-corrected chi connectivity index (χ0v) is 10.8. The minimum Gasteiger partial charge on any atom is -0.393 e. The van der Waals surface area contributed by atoms with Crippen molar-refractivity contribution < 1.29 is 22.0 Å². The topological polar surface area (TPSA) is 29.3 Å². The molecule has 1 aromatic rings. The molecule has 1 aromatic carbocycles. The van der Waals surface area contributed by atoms with Crippen LogP contribution >= 0.6 is 12.2 Å². The lowest BCUT2D eigenvalue weighted by atomic mass is 10.2. The zero-order valence-electron chi connectivity index (χ0n) is 9.94. The lowest BCUT2D eigenvalue weighted by Gasteiger charge is -2.24. The molecule has 0 atom stereocenters. The van der Waals surface area contributed by atoms with Crippen LogP contribution in [-0.4, -0.2) is 18.1 Å². The number of anilines is 1. The molecule has 0 radical (unpaired) electrons.